The zero-order valence-corrected chi connectivity index (χ0v) is 16.3. The number of nitrogens with zero attached hydrogens (tertiary/aromatic N) is 3. The number of carbonyl (C=O) groups excluding carboxylic acids is 1. The number of benzene rings is 1. The van der Waals surface area contributed by atoms with Gasteiger partial charge in [-0.3, -0.25) is 4.79 Å². The lowest BCUT2D eigenvalue weighted by Crippen LogP contribution is -2.32. The maximum atomic E-state index is 12.4. The molecule has 1 aliphatic carbocycles. The van der Waals surface area contributed by atoms with Gasteiger partial charge >= 0.3 is 0 Å². The Labute approximate surface area is 159 Å². The number of amides is 1. The van der Waals surface area contributed by atoms with Crippen LogP contribution in [0.3, 0.4) is 0 Å². The molecule has 6 heteroatoms. The molecular weight excluding hydrogens is 344 g/mol. The Morgan fingerprint density at radius 2 is 2.08 bits per heavy atom. The van der Waals surface area contributed by atoms with Crippen LogP contribution in [-0.2, 0) is 11.8 Å². The summed E-state index contributed by atoms with van der Waals surface area (Å²) in [4.78, 5) is 12.4. The lowest BCUT2D eigenvalue weighted by molar-refractivity contribution is -0.120. The summed E-state index contributed by atoms with van der Waals surface area (Å²) >= 11 is 1.44. The third-order valence-corrected chi connectivity index (χ3v) is 5.78. The zero-order chi connectivity index (χ0) is 18.4. The van der Waals surface area contributed by atoms with E-state index in [0.29, 0.717) is 6.54 Å². The van der Waals surface area contributed by atoms with Crippen LogP contribution >= 0.6 is 11.8 Å². The molecule has 0 saturated carbocycles. The molecule has 1 N–H and O–H groups in total. The van der Waals surface area contributed by atoms with Gasteiger partial charge in [0.05, 0.1) is 5.25 Å². The number of hydrogen-bond donors (Lipinski definition) is 1. The van der Waals surface area contributed by atoms with Gasteiger partial charge in [0, 0.05) is 19.2 Å². The Kier molecular flexibility index (Phi) is 6.50. The molecule has 0 unspecified atom stereocenters. The fourth-order valence-electron chi connectivity index (χ4n) is 3.09. The van der Waals surface area contributed by atoms with Gasteiger partial charge in [-0.15, -0.1) is 10.2 Å². The predicted molar refractivity (Wildman–Crippen MR) is 106 cm³/mol. The monoisotopic (exact) mass is 370 g/mol. The van der Waals surface area contributed by atoms with E-state index < -0.39 is 0 Å². The molecular formula is C20H26N4OS. The van der Waals surface area contributed by atoms with E-state index in [-0.39, 0.29) is 11.2 Å². The standard InChI is InChI=1S/C20H26N4OS/c1-15(19(25)21-14-13-16-9-5-3-6-10-16)26-20-23-22-18(24(20)2)17-11-7-4-8-12-17/h4,7-9,11-12,15H,3,5-6,10,13-14H2,1-2H3,(H,21,25)/t15-/m1/s1. The van der Waals surface area contributed by atoms with Crippen molar-refractivity contribution in [1.29, 1.82) is 0 Å². The maximum Gasteiger partial charge on any atom is 0.233 e. The summed E-state index contributed by atoms with van der Waals surface area (Å²) in [5.74, 6) is 0.862. The van der Waals surface area contributed by atoms with Crippen LogP contribution in [0.2, 0.25) is 0 Å². The van der Waals surface area contributed by atoms with Crippen molar-refractivity contribution in [3.63, 3.8) is 0 Å². The predicted octanol–water partition coefficient (Wildman–Crippen LogP) is 3.97. The van der Waals surface area contributed by atoms with Crippen molar-refractivity contribution in [1.82, 2.24) is 20.1 Å². The molecule has 138 valence electrons. The molecule has 1 aromatic carbocycles. The molecule has 0 saturated heterocycles. The highest BCUT2D eigenvalue weighted by atomic mass is 32.2. The first kappa shape index (κ1) is 18.7. The normalized spacial score (nSPS) is 15.4. The van der Waals surface area contributed by atoms with Crippen molar-refractivity contribution in [3.8, 4) is 11.4 Å². The highest BCUT2D eigenvalue weighted by molar-refractivity contribution is 8.00. The average Bonchev–Trinajstić information content (AvgIpc) is 3.03. The molecule has 1 aliphatic rings. The summed E-state index contributed by atoms with van der Waals surface area (Å²) in [5, 5.41) is 12.1. The second kappa shape index (κ2) is 9.03. The van der Waals surface area contributed by atoms with Gasteiger partial charge in [-0.05, 0) is 39.0 Å². The minimum atomic E-state index is -0.207. The van der Waals surface area contributed by atoms with E-state index in [0.717, 1.165) is 23.0 Å². The van der Waals surface area contributed by atoms with E-state index in [1.54, 1.807) is 0 Å². The van der Waals surface area contributed by atoms with E-state index in [9.17, 15) is 4.79 Å². The van der Waals surface area contributed by atoms with Crippen molar-refractivity contribution in [2.24, 2.45) is 7.05 Å². The molecule has 26 heavy (non-hydrogen) atoms. The van der Waals surface area contributed by atoms with Gasteiger partial charge in [0.25, 0.3) is 0 Å². The maximum absolute atomic E-state index is 12.4. The molecule has 1 atom stereocenters. The number of aromatic nitrogens is 3. The van der Waals surface area contributed by atoms with Gasteiger partial charge in [-0.1, -0.05) is 53.7 Å². The van der Waals surface area contributed by atoms with Gasteiger partial charge in [0.1, 0.15) is 0 Å². The van der Waals surface area contributed by atoms with E-state index in [4.69, 9.17) is 0 Å². The number of carbonyl (C=O) groups is 1. The first-order valence-corrected chi connectivity index (χ1v) is 10.1. The first-order valence-electron chi connectivity index (χ1n) is 9.22. The summed E-state index contributed by atoms with van der Waals surface area (Å²) in [5.41, 5.74) is 2.50. The highest BCUT2D eigenvalue weighted by Gasteiger charge is 2.19. The van der Waals surface area contributed by atoms with Crippen molar-refractivity contribution < 1.29 is 4.79 Å². The molecule has 5 nitrogen and oxygen atoms in total. The minimum Gasteiger partial charge on any atom is -0.355 e. The molecule has 1 amide bonds. The Hall–Kier alpha value is -2.08. The third-order valence-electron chi connectivity index (χ3n) is 4.65. The van der Waals surface area contributed by atoms with Crippen LogP contribution in [-0.4, -0.2) is 32.5 Å². The molecule has 1 aromatic heterocycles. The lowest BCUT2D eigenvalue weighted by atomic mass is 9.97. The summed E-state index contributed by atoms with van der Waals surface area (Å²) < 4.78 is 1.94. The van der Waals surface area contributed by atoms with Crippen LogP contribution in [0.25, 0.3) is 11.4 Å². The van der Waals surface area contributed by atoms with Crippen LogP contribution in [0, 0.1) is 0 Å². The topological polar surface area (TPSA) is 59.8 Å². The Balaban J connectivity index is 1.52. The average molecular weight is 371 g/mol. The minimum absolute atomic E-state index is 0.0515. The third kappa shape index (κ3) is 4.75. The van der Waals surface area contributed by atoms with Crippen molar-refractivity contribution in [2.45, 2.75) is 49.4 Å². The Bertz CT molecular complexity index is 769. The van der Waals surface area contributed by atoms with Gasteiger partial charge < -0.3 is 9.88 Å². The lowest BCUT2D eigenvalue weighted by Gasteiger charge is -2.14. The molecule has 0 spiro atoms. The molecule has 0 radical (unpaired) electrons. The van der Waals surface area contributed by atoms with E-state index in [1.807, 2.05) is 48.9 Å². The zero-order valence-electron chi connectivity index (χ0n) is 15.4. The quantitative estimate of drug-likeness (QED) is 0.592. The molecule has 1 heterocycles. The van der Waals surface area contributed by atoms with E-state index >= 15 is 0 Å². The van der Waals surface area contributed by atoms with E-state index in [1.165, 1.54) is 43.0 Å². The molecule has 0 bridgehead atoms. The van der Waals surface area contributed by atoms with E-state index in [2.05, 4.69) is 21.6 Å². The second-order valence-electron chi connectivity index (χ2n) is 6.64. The van der Waals surface area contributed by atoms with Crippen molar-refractivity contribution >= 4 is 17.7 Å². The summed E-state index contributed by atoms with van der Waals surface area (Å²) in [6.07, 6.45) is 8.24. The fraction of sp³-hybridized carbons (Fsp3) is 0.450. The van der Waals surface area contributed by atoms with Crippen LogP contribution < -0.4 is 5.32 Å². The fourth-order valence-corrected chi connectivity index (χ4v) is 3.93. The van der Waals surface area contributed by atoms with Crippen LogP contribution in [0.15, 0.2) is 47.1 Å². The Morgan fingerprint density at radius 1 is 1.27 bits per heavy atom. The smallest absolute Gasteiger partial charge is 0.233 e. The molecule has 0 fully saturated rings. The summed E-state index contributed by atoms with van der Waals surface area (Å²) in [6, 6.07) is 9.96. The number of rotatable bonds is 7. The van der Waals surface area contributed by atoms with Gasteiger partial charge in [0.15, 0.2) is 11.0 Å². The Morgan fingerprint density at radius 3 is 2.81 bits per heavy atom. The first-order chi connectivity index (χ1) is 12.6. The highest BCUT2D eigenvalue weighted by Crippen LogP contribution is 2.25. The summed E-state index contributed by atoms with van der Waals surface area (Å²) in [7, 11) is 1.94. The van der Waals surface area contributed by atoms with Crippen LogP contribution in [0.1, 0.15) is 39.0 Å². The second-order valence-corrected chi connectivity index (χ2v) is 7.95. The summed E-state index contributed by atoms with van der Waals surface area (Å²) in [6.45, 7) is 2.63. The van der Waals surface area contributed by atoms with Crippen molar-refractivity contribution in [3.05, 3.63) is 42.0 Å². The molecule has 3 rings (SSSR count). The van der Waals surface area contributed by atoms with Crippen LogP contribution in [0.4, 0.5) is 0 Å². The SMILES string of the molecule is C[C@@H](Sc1nnc(-c2ccccc2)n1C)C(=O)NCCC1=CCCCC1. The molecule has 0 aliphatic heterocycles. The molecule has 2 aromatic rings. The van der Waals surface area contributed by atoms with Gasteiger partial charge in [0.2, 0.25) is 5.91 Å². The number of hydrogen-bond acceptors (Lipinski definition) is 4. The number of nitrogens with one attached hydrogen (secondary N) is 1. The van der Waals surface area contributed by atoms with Crippen molar-refractivity contribution in [2.75, 3.05) is 6.54 Å². The van der Waals surface area contributed by atoms with Gasteiger partial charge in [-0.25, -0.2) is 0 Å². The largest absolute Gasteiger partial charge is 0.355 e. The van der Waals surface area contributed by atoms with Gasteiger partial charge in [-0.2, -0.15) is 0 Å². The van der Waals surface area contributed by atoms with Crippen LogP contribution in [0.5, 0.6) is 0 Å². The number of allylic oxidation sites excluding steroid dienone is 1. The number of thioether (sulfide) groups is 1.